The second-order valence-corrected chi connectivity index (χ2v) is 7.57. The molecule has 1 aliphatic rings. The van der Waals surface area contributed by atoms with Crippen molar-refractivity contribution < 1.29 is 17.2 Å². The fourth-order valence-electron chi connectivity index (χ4n) is 3.07. The number of halogens is 2. The SMILES string of the molecule is O=S(=O)(Nc1ccc2c(c1)Cc1ccccc1-2)c1ccc(F)c(F)c1. The number of rotatable bonds is 3. The summed E-state index contributed by atoms with van der Waals surface area (Å²) in [5.74, 6) is -2.29. The van der Waals surface area contributed by atoms with E-state index in [1.165, 1.54) is 5.56 Å². The van der Waals surface area contributed by atoms with Gasteiger partial charge in [0.1, 0.15) is 0 Å². The molecule has 0 atom stereocenters. The van der Waals surface area contributed by atoms with Crippen LogP contribution in [-0.4, -0.2) is 8.42 Å². The minimum absolute atomic E-state index is 0.324. The first-order chi connectivity index (χ1) is 11.9. The molecule has 0 amide bonds. The number of hydrogen-bond acceptors (Lipinski definition) is 2. The van der Waals surface area contributed by atoms with Crippen molar-refractivity contribution >= 4 is 15.7 Å². The van der Waals surface area contributed by atoms with Crippen molar-refractivity contribution in [2.24, 2.45) is 0 Å². The first kappa shape index (κ1) is 15.8. The molecule has 3 aromatic rings. The fraction of sp³-hybridized carbons (Fsp3) is 0.0526. The molecule has 1 N–H and O–H groups in total. The van der Waals surface area contributed by atoms with Crippen molar-refractivity contribution in [3.05, 3.63) is 83.4 Å². The normalized spacial score (nSPS) is 12.6. The second kappa shape index (κ2) is 5.67. The van der Waals surface area contributed by atoms with Gasteiger partial charge in [-0.2, -0.15) is 0 Å². The standard InChI is InChI=1S/C19H13F2NO2S/c20-18-8-6-15(11-19(18)21)25(23,24)22-14-5-7-17-13(10-14)9-12-3-1-2-4-16(12)17/h1-8,10-11,22H,9H2. The second-order valence-electron chi connectivity index (χ2n) is 5.89. The Balaban J connectivity index is 1.66. The van der Waals surface area contributed by atoms with Crippen LogP contribution in [0.5, 0.6) is 0 Å². The lowest BCUT2D eigenvalue weighted by Gasteiger charge is -2.10. The van der Waals surface area contributed by atoms with Crippen LogP contribution in [-0.2, 0) is 16.4 Å². The number of fused-ring (bicyclic) bond motifs is 3. The van der Waals surface area contributed by atoms with E-state index in [1.54, 1.807) is 12.1 Å². The molecule has 4 rings (SSSR count). The molecule has 0 saturated heterocycles. The maximum Gasteiger partial charge on any atom is 0.261 e. The lowest BCUT2D eigenvalue weighted by molar-refractivity contribution is 0.504. The van der Waals surface area contributed by atoms with Gasteiger partial charge in [-0.15, -0.1) is 0 Å². The van der Waals surface area contributed by atoms with Crippen molar-refractivity contribution in [3.8, 4) is 11.1 Å². The Bertz CT molecular complexity index is 1090. The summed E-state index contributed by atoms with van der Waals surface area (Å²) in [6, 6.07) is 15.8. The highest BCUT2D eigenvalue weighted by molar-refractivity contribution is 7.92. The van der Waals surface area contributed by atoms with E-state index in [0.717, 1.165) is 35.2 Å². The predicted molar refractivity (Wildman–Crippen MR) is 91.9 cm³/mol. The Kier molecular flexibility index (Phi) is 3.58. The quantitative estimate of drug-likeness (QED) is 0.593. The van der Waals surface area contributed by atoms with E-state index in [9.17, 15) is 17.2 Å². The van der Waals surface area contributed by atoms with Crippen LogP contribution < -0.4 is 4.72 Å². The van der Waals surface area contributed by atoms with Gasteiger partial charge in [0.2, 0.25) is 0 Å². The minimum atomic E-state index is -3.99. The molecule has 0 aliphatic heterocycles. The van der Waals surface area contributed by atoms with Gasteiger partial charge < -0.3 is 0 Å². The maximum absolute atomic E-state index is 13.3. The summed E-state index contributed by atoms with van der Waals surface area (Å²) in [7, 11) is -3.99. The molecule has 3 nitrogen and oxygen atoms in total. The zero-order valence-corrected chi connectivity index (χ0v) is 13.8. The van der Waals surface area contributed by atoms with Gasteiger partial charge in [-0.05, 0) is 59.0 Å². The highest BCUT2D eigenvalue weighted by Gasteiger charge is 2.20. The molecule has 6 heteroatoms. The van der Waals surface area contributed by atoms with Gasteiger partial charge >= 0.3 is 0 Å². The van der Waals surface area contributed by atoms with Gasteiger partial charge in [-0.1, -0.05) is 30.3 Å². The first-order valence-corrected chi connectivity index (χ1v) is 9.11. The molecular formula is C19H13F2NO2S. The number of anilines is 1. The summed E-state index contributed by atoms with van der Waals surface area (Å²) in [5, 5.41) is 0. The van der Waals surface area contributed by atoms with Crippen LogP contribution in [0.15, 0.2) is 65.6 Å². The molecule has 0 heterocycles. The van der Waals surface area contributed by atoms with Crippen LogP contribution in [0.25, 0.3) is 11.1 Å². The van der Waals surface area contributed by atoms with E-state index < -0.39 is 21.7 Å². The van der Waals surface area contributed by atoms with Gasteiger partial charge in [0, 0.05) is 5.69 Å². The Morgan fingerprint density at radius 1 is 0.800 bits per heavy atom. The maximum atomic E-state index is 13.3. The minimum Gasteiger partial charge on any atom is -0.280 e. The Hall–Kier alpha value is -2.73. The third kappa shape index (κ3) is 2.78. The molecule has 126 valence electrons. The average molecular weight is 357 g/mol. The van der Waals surface area contributed by atoms with Crippen molar-refractivity contribution in [1.29, 1.82) is 0 Å². The molecule has 0 spiro atoms. The summed E-state index contributed by atoms with van der Waals surface area (Å²) < 4.78 is 53.5. The Morgan fingerprint density at radius 3 is 2.36 bits per heavy atom. The number of sulfonamides is 1. The summed E-state index contributed by atoms with van der Waals surface area (Å²) in [6.07, 6.45) is 0.728. The zero-order chi connectivity index (χ0) is 17.6. The van der Waals surface area contributed by atoms with Gasteiger partial charge in [-0.3, -0.25) is 4.72 Å². The predicted octanol–water partition coefficient (Wildman–Crippen LogP) is 4.34. The largest absolute Gasteiger partial charge is 0.280 e. The van der Waals surface area contributed by atoms with Crippen LogP contribution in [0.1, 0.15) is 11.1 Å². The van der Waals surface area contributed by atoms with Crippen LogP contribution >= 0.6 is 0 Å². The molecule has 1 aliphatic carbocycles. The van der Waals surface area contributed by atoms with E-state index in [0.29, 0.717) is 11.8 Å². The fourth-order valence-corrected chi connectivity index (χ4v) is 4.13. The monoisotopic (exact) mass is 357 g/mol. The molecule has 0 aromatic heterocycles. The van der Waals surface area contributed by atoms with Crippen LogP contribution in [0, 0.1) is 11.6 Å². The van der Waals surface area contributed by atoms with Crippen molar-refractivity contribution in [3.63, 3.8) is 0 Å². The summed E-state index contributed by atoms with van der Waals surface area (Å²) in [5.41, 5.74) is 4.82. The highest BCUT2D eigenvalue weighted by Crippen LogP contribution is 2.37. The average Bonchev–Trinajstić information content (AvgIpc) is 2.94. The highest BCUT2D eigenvalue weighted by atomic mass is 32.2. The summed E-state index contributed by atoms with van der Waals surface area (Å²) in [6.45, 7) is 0. The van der Waals surface area contributed by atoms with Gasteiger partial charge in [-0.25, -0.2) is 17.2 Å². The topological polar surface area (TPSA) is 46.2 Å². The van der Waals surface area contributed by atoms with E-state index >= 15 is 0 Å². The Morgan fingerprint density at radius 2 is 1.56 bits per heavy atom. The molecule has 0 unspecified atom stereocenters. The lowest BCUT2D eigenvalue weighted by atomic mass is 10.1. The van der Waals surface area contributed by atoms with Crippen LogP contribution in [0.2, 0.25) is 0 Å². The van der Waals surface area contributed by atoms with Crippen molar-refractivity contribution in [2.75, 3.05) is 4.72 Å². The molecule has 0 fully saturated rings. The third-order valence-electron chi connectivity index (χ3n) is 4.25. The van der Waals surface area contributed by atoms with Gasteiger partial charge in [0.15, 0.2) is 11.6 Å². The van der Waals surface area contributed by atoms with Crippen LogP contribution in [0.4, 0.5) is 14.5 Å². The van der Waals surface area contributed by atoms with E-state index in [-0.39, 0.29) is 4.90 Å². The molecular weight excluding hydrogens is 344 g/mol. The van der Waals surface area contributed by atoms with Crippen molar-refractivity contribution in [1.82, 2.24) is 0 Å². The molecule has 0 bridgehead atoms. The van der Waals surface area contributed by atoms with Crippen molar-refractivity contribution in [2.45, 2.75) is 11.3 Å². The number of hydrogen-bond donors (Lipinski definition) is 1. The molecule has 0 radical (unpaired) electrons. The van der Waals surface area contributed by atoms with Crippen LogP contribution in [0.3, 0.4) is 0 Å². The zero-order valence-electron chi connectivity index (χ0n) is 13.0. The smallest absolute Gasteiger partial charge is 0.261 e. The molecule has 3 aromatic carbocycles. The number of benzene rings is 3. The number of nitrogens with one attached hydrogen (secondary N) is 1. The van der Waals surface area contributed by atoms with E-state index in [4.69, 9.17) is 0 Å². The van der Waals surface area contributed by atoms with Gasteiger partial charge in [0.05, 0.1) is 4.90 Å². The third-order valence-corrected chi connectivity index (χ3v) is 5.63. The van der Waals surface area contributed by atoms with E-state index in [1.807, 2.05) is 30.3 Å². The van der Waals surface area contributed by atoms with E-state index in [2.05, 4.69) is 4.72 Å². The van der Waals surface area contributed by atoms with Gasteiger partial charge in [0.25, 0.3) is 10.0 Å². The molecule has 0 saturated carbocycles. The summed E-state index contributed by atoms with van der Waals surface area (Å²) in [4.78, 5) is -0.324. The Labute approximate surface area is 144 Å². The first-order valence-electron chi connectivity index (χ1n) is 7.63. The summed E-state index contributed by atoms with van der Waals surface area (Å²) >= 11 is 0. The molecule has 25 heavy (non-hydrogen) atoms. The lowest BCUT2D eigenvalue weighted by Crippen LogP contribution is -2.13.